The third-order valence-electron chi connectivity index (χ3n) is 1.32. The average molecular weight is 127 g/mol. The van der Waals surface area contributed by atoms with Gasteiger partial charge in [0.25, 0.3) is 0 Å². The van der Waals surface area contributed by atoms with Crippen molar-refractivity contribution in [3.63, 3.8) is 0 Å². The van der Waals surface area contributed by atoms with Crippen molar-refractivity contribution in [2.45, 2.75) is 26.9 Å². The van der Waals surface area contributed by atoms with Crippen molar-refractivity contribution >= 4 is 6.47 Å². The number of hydrogen-bond acceptors (Lipinski definition) is 2. The highest BCUT2D eigenvalue weighted by Gasteiger charge is 2.01. The topological polar surface area (TPSA) is 26.3 Å². The zero-order valence-electron chi connectivity index (χ0n) is 5.97. The second-order valence-electron chi connectivity index (χ2n) is 1.88. The van der Waals surface area contributed by atoms with E-state index >= 15 is 0 Å². The second-order valence-corrected chi connectivity index (χ2v) is 1.88. The Hall–Kier alpha value is -0.790. The van der Waals surface area contributed by atoms with Crippen molar-refractivity contribution in [3.05, 3.63) is 11.6 Å². The summed E-state index contributed by atoms with van der Waals surface area (Å²) in [7, 11) is 0. The smallest absolute Gasteiger partial charge is 0.418 e. The number of carbonyl (C=O) groups excluding carboxylic acids is 1. The summed E-state index contributed by atoms with van der Waals surface area (Å²) in [6, 6.07) is 0. The van der Waals surface area contributed by atoms with Crippen LogP contribution >= 0.6 is 0 Å². The lowest BCUT2D eigenvalue weighted by molar-refractivity contribution is 0.225. The molecule has 0 aliphatic carbocycles. The van der Waals surface area contributed by atoms with Gasteiger partial charge in [0.15, 0.2) is 0 Å². The Balaban J connectivity index is 3.72. The van der Waals surface area contributed by atoms with Crippen LogP contribution in [0.3, 0.4) is 0 Å². The van der Waals surface area contributed by atoms with E-state index in [0.29, 0.717) is 0 Å². The lowest BCUT2D eigenvalue weighted by Gasteiger charge is -2.06. The molecule has 0 aromatic carbocycles. The van der Waals surface area contributed by atoms with E-state index in [-0.39, 0.29) is 6.10 Å². The Bertz CT molecular complexity index is 116. The van der Waals surface area contributed by atoms with E-state index in [1.807, 2.05) is 19.9 Å². The third kappa shape index (κ3) is 2.90. The number of ether oxygens (including phenoxy) is 1. The van der Waals surface area contributed by atoms with Crippen LogP contribution in [0.15, 0.2) is 11.6 Å². The van der Waals surface area contributed by atoms with E-state index in [0.717, 1.165) is 5.57 Å². The minimum absolute atomic E-state index is 0.132. The van der Waals surface area contributed by atoms with Crippen LogP contribution in [0.5, 0.6) is 0 Å². The van der Waals surface area contributed by atoms with Crippen molar-refractivity contribution in [1.29, 1.82) is 0 Å². The first kappa shape index (κ1) is 8.21. The van der Waals surface area contributed by atoms with Gasteiger partial charge in [-0.1, -0.05) is 6.08 Å². The summed E-state index contributed by atoms with van der Waals surface area (Å²) in [4.78, 5) is 9.66. The second kappa shape index (κ2) is 4.13. The van der Waals surface area contributed by atoms with Gasteiger partial charge in [0, 0.05) is 0 Å². The standard InChI is InChI=1S/C7H11O2/c1-4-6(2)7(3)9-5-8/h4,7H,1-3H3. The molecule has 0 N–H and O–H groups in total. The van der Waals surface area contributed by atoms with E-state index in [4.69, 9.17) is 0 Å². The fourth-order valence-electron chi connectivity index (χ4n) is 0.400. The van der Waals surface area contributed by atoms with Gasteiger partial charge in [0.05, 0.1) is 0 Å². The van der Waals surface area contributed by atoms with Crippen LogP contribution in [-0.4, -0.2) is 12.6 Å². The first-order chi connectivity index (χ1) is 4.22. The first-order valence-corrected chi connectivity index (χ1v) is 2.88. The quantitative estimate of drug-likeness (QED) is 0.536. The maximum atomic E-state index is 9.66. The summed E-state index contributed by atoms with van der Waals surface area (Å²) in [5, 5.41) is 0. The molecule has 0 amide bonds. The highest BCUT2D eigenvalue weighted by Crippen LogP contribution is 2.02. The summed E-state index contributed by atoms with van der Waals surface area (Å²) in [6.45, 7) is 7.01. The van der Waals surface area contributed by atoms with E-state index in [9.17, 15) is 4.79 Å². The molecule has 1 atom stereocenters. The van der Waals surface area contributed by atoms with Gasteiger partial charge in [-0.3, -0.25) is 0 Å². The molecule has 0 aromatic rings. The Kier molecular flexibility index (Phi) is 3.76. The number of allylic oxidation sites excluding steroid dienone is 1. The average Bonchev–Trinajstić information content (AvgIpc) is 1.87. The maximum Gasteiger partial charge on any atom is 0.418 e. The minimum atomic E-state index is -0.132. The highest BCUT2D eigenvalue weighted by atomic mass is 16.5. The molecule has 0 heterocycles. The zero-order valence-corrected chi connectivity index (χ0v) is 5.97. The van der Waals surface area contributed by atoms with Crippen LogP contribution in [0.2, 0.25) is 0 Å². The van der Waals surface area contributed by atoms with Gasteiger partial charge < -0.3 is 4.74 Å². The molecule has 51 valence electrons. The Labute approximate surface area is 55.5 Å². The Morgan fingerprint density at radius 1 is 1.78 bits per heavy atom. The summed E-state index contributed by atoms with van der Waals surface area (Å²) in [5.41, 5.74) is 1.04. The molecule has 0 bridgehead atoms. The van der Waals surface area contributed by atoms with Gasteiger partial charge >= 0.3 is 6.47 Å². The van der Waals surface area contributed by atoms with Crippen LogP contribution in [0.25, 0.3) is 0 Å². The van der Waals surface area contributed by atoms with Crippen molar-refractivity contribution in [2.75, 3.05) is 0 Å². The van der Waals surface area contributed by atoms with Crippen LogP contribution < -0.4 is 0 Å². The maximum absolute atomic E-state index is 9.66. The number of hydrogen-bond donors (Lipinski definition) is 0. The highest BCUT2D eigenvalue weighted by molar-refractivity contribution is 5.39. The SMILES string of the molecule is CC=C(C)C(C)O[C]=O. The molecular weight excluding hydrogens is 116 g/mol. The summed E-state index contributed by atoms with van der Waals surface area (Å²) in [6.07, 6.45) is 1.77. The fraction of sp³-hybridized carbons (Fsp3) is 0.571. The molecular formula is C7H11O2. The van der Waals surface area contributed by atoms with E-state index in [1.165, 1.54) is 6.47 Å². The lowest BCUT2D eigenvalue weighted by atomic mass is 10.2. The molecule has 0 spiro atoms. The van der Waals surface area contributed by atoms with Crippen LogP contribution in [0.4, 0.5) is 0 Å². The van der Waals surface area contributed by atoms with E-state index < -0.39 is 0 Å². The molecule has 0 saturated carbocycles. The molecule has 0 aliphatic rings. The van der Waals surface area contributed by atoms with E-state index in [1.54, 1.807) is 6.92 Å². The minimum Gasteiger partial charge on any atom is -0.450 e. The van der Waals surface area contributed by atoms with Gasteiger partial charge in [-0.2, -0.15) is 0 Å². The molecule has 0 saturated heterocycles. The summed E-state index contributed by atoms with van der Waals surface area (Å²) in [5.74, 6) is 0. The predicted molar refractivity (Wildman–Crippen MR) is 35.7 cm³/mol. The van der Waals surface area contributed by atoms with Gasteiger partial charge in [-0.15, -0.1) is 0 Å². The predicted octanol–water partition coefficient (Wildman–Crippen LogP) is 1.42. The molecule has 9 heavy (non-hydrogen) atoms. The van der Waals surface area contributed by atoms with Gasteiger partial charge in [-0.25, -0.2) is 4.79 Å². The fourth-order valence-corrected chi connectivity index (χ4v) is 0.400. The van der Waals surface area contributed by atoms with Crippen molar-refractivity contribution < 1.29 is 9.53 Å². The molecule has 2 nitrogen and oxygen atoms in total. The van der Waals surface area contributed by atoms with Crippen molar-refractivity contribution in [2.24, 2.45) is 0 Å². The van der Waals surface area contributed by atoms with Gasteiger partial charge in [0.1, 0.15) is 6.10 Å². The molecule has 0 fully saturated rings. The molecule has 0 rings (SSSR count). The lowest BCUT2D eigenvalue weighted by Crippen LogP contribution is -2.07. The Morgan fingerprint density at radius 2 is 2.33 bits per heavy atom. The largest absolute Gasteiger partial charge is 0.450 e. The summed E-state index contributed by atoms with van der Waals surface area (Å²) < 4.78 is 4.52. The molecule has 2 heteroatoms. The summed E-state index contributed by atoms with van der Waals surface area (Å²) >= 11 is 0. The number of rotatable bonds is 3. The van der Waals surface area contributed by atoms with Crippen LogP contribution in [0.1, 0.15) is 20.8 Å². The molecule has 0 aromatic heterocycles. The Morgan fingerprint density at radius 3 is 2.67 bits per heavy atom. The third-order valence-corrected chi connectivity index (χ3v) is 1.32. The van der Waals surface area contributed by atoms with Crippen LogP contribution in [-0.2, 0) is 9.53 Å². The zero-order chi connectivity index (χ0) is 7.28. The normalized spacial score (nSPS) is 14.8. The molecule has 1 radical (unpaired) electrons. The molecule has 0 aliphatic heterocycles. The molecule has 1 unspecified atom stereocenters. The van der Waals surface area contributed by atoms with Crippen molar-refractivity contribution in [1.82, 2.24) is 0 Å². The van der Waals surface area contributed by atoms with Crippen LogP contribution in [0, 0.1) is 0 Å². The monoisotopic (exact) mass is 127 g/mol. The van der Waals surface area contributed by atoms with Crippen molar-refractivity contribution in [3.8, 4) is 0 Å². The van der Waals surface area contributed by atoms with E-state index in [2.05, 4.69) is 4.74 Å². The first-order valence-electron chi connectivity index (χ1n) is 2.88. The van der Waals surface area contributed by atoms with Gasteiger partial charge in [0.2, 0.25) is 0 Å². The van der Waals surface area contributed by atoms with Gasteiger partial charge in [-0.05, 0) is 26.3 Å².